The summed E-state index contributed by atoms with van der Waals surface area (Å²) in [5.41, 5.74) is 6.60. The Balaban J connectivity index is 2.81. The maximum atomic E-state index is 11.7. The summed E-state index contributed by atoms with van der Waals surface area (Å²) in [7, 11) is 0. The van der Waals surface area contributed by atoms with Crippen LogP contribution in [-0.4, -0.2) is 24.2 Å². The highest BCUT2D eigenvalue weighted by Crippen LogP contribution is 2.28. The highest BCUT2D eigenvalue weighted by molar-refractivity contribution is 6.32. The van der Waals surface area contributed by atoms with E-state index in [-0.39, 0.29) is 18.1 Å². The van der Waals surface area contributed by atoms with Crippen molar-refractivity contribution in [3.8, 4) is 5.75 Å². The summed E-state index contributed by atoms with van der Waals surface area (Å²) in [4.78, 5) is 11.7. The van der Waals surface area contributed by atoms with Crippen molar-refractivity contribution in [3.63, 3.8) is 0 Å². The molecule has 0 aliphatic rings. The van der Waals surface area contributed by atoms with Crippen LogP contribution in [0, 0.1) is 12.8 Å². The summed E-state index contributed by atoms with van der Waals surface area (Å²) < 4.78 is 11.3. The van der Waals surface area contributed by atoms with Crippen molar-refractivity contribution in [2.24, 2.45) is 11.7 Å². The van der Waals surface area contributed by atoms with Gasteiger partial charge in [0.05, 0.1) is 5.02 Å². The van der Waals surface area contributed by atoms with Crippen LogP contribution in [0.25, 0.3) is 0 Å². The zero-order valence-electron chi connectivity index (χ0n) is 13.2. The van der Waals surface area contributed by atoms with E-state index in [1.165, 1.54) is 0 Å². The van der Waals surface area contributed by atoms with E-state index in [9.17, 15) is 4.79 Å². The van der Waals surface area contributed by atoms with E-state index in [1.807, 2.05) is 45.9 Å². The van der Waals surface area contributed by atoms with Crippen LogP contribution in [0.4, 0.5) is 0 Å². The van der Waals surface area contributed by atoms with Crippen molar-refractivity contribution in [1.82, 2.24) is 0 Å². The lowest BCUT2D eigenvalue weighted by Gasteiger charge is -2.28. The third-order valence-corrected chi connectivity index (χ3v) is 3.44. The Morgan fingerprint density at radius 1 is 1.24 bits per heavy atom. The first-order valence-corrected chi connectivity index (χ1v) is 7.49. The molecule has 4 nitrogen and oxygen atoms in total. The molecular formula is C16H24ClNO3. The van der Waals surface area contributed by atoms with Crippen molar-refractivity contribution < 1.29 is 14.3 Å². The second-order valence-electron chi connectivity index (χ2n) is 5.69. The number of carbonyl (C=O) groups excluding carboxylic acids is 1. The molecule has 0 aromatic heterocycles. The molecule has 0 bridgehead atoms. The van der Waals surface area contributed by atoms with E-state index < -0.39 is 12.0 Å². The Bertz CT molecular complexity index is 488. The lowest BCUT2D eigenvalue weighted by Crippen LogP contribution is -2.41. The largest absolute Gasteiger partial charge is 0.485 e. The summed E-state index contributed by atoms with van der Waals surface area (Å²) in [5.74, 6) is 0.253. The van der Waals surface area contributed by atoms with E-state index in [0.717, 1.165) is 5.56 Å². The van der Waals surface area contributed by atoms with Crippen LogP contribution in [0.1, 0.15) is 33.3 Å². The molecule has 0 aliphatic heterocycles. The van der Waals surface area contributed by atoms with Gasteiger partial charge in [-0.2, -0.15) is 0 Å². The topological polar surface area (TPSA) is 61.5 Å². The molecule has 21 heavy (non-hydrogen) atoms. The Morgan fingerprint density at radius 2 is 1.86 bits per heavy atom. The van der Waals surface area contributed by atoms with Gasteiger partial charge in [-0.15, -0.1) is 0 Å². The SMILES string of the molecule is Cc1ccc(O[C@@H](C)C(OC(=O)[C@H](C)N)C(C)C)c(Cl)c1. The first kappa shape index (κ1) is 17.8. The van der Waals surface area contributed by atoms with Crippen LogP contribution < -0.4 is 10.5 Å². The van der Waals surface area contributed by atoms with E-state index >= 15 is 0 Å². The fourth-order valence-corrected chi connectivity index (χ4v) is 2.26. The first-order chi connectivity index (χ1) is 9.72. The van der Waals surface area contributed by atoms with E-state index in [4.69, 9.17) is 26.8 Å². The molecule has 0 saturated heterocycles. The summed E-state index contributed by atoms with van der Waals surface area (Å²) in [5, 5.41) is 0.544. The predicted molar refractivity (Wildman–Crippen MR) is 84.6 cm³/mol. The van der Waals surface area contributed by atoms with Gasteiger partial charge in [-0.1, -0.05) is 31.5 Å². The van der Waals surface area contributed by atoms with Gasteiger partial charge in [0.2, 0.25) is 0 Å². The first-order valence-electron chi connectivity index (χ1n) is 7.11. The Hall–Kier alpha value is -1.26. The Kier molecular flexibility index (Phi) is 6.49. The smallest absolute Gasteiger partial charge is 0.323 e. The van der Waals surface area contributed by atoms with Gasteiger partial charge in [-0.05, 0) is 44.4 Å². The van der Waals surface area contributed by atoms with Gasteiger partial charge in [-0.25, -0.2) is 0 Å². The lowest BCUT2D eigenvalue weighted by molar-refractivity contribution is -0.157. The molecule has 1 aromatic rings. The Morgan fingerprint density at radius 3 is 2.33 bits per heavy atom. The van der Waals surface area contributed by atoms with Crippen molar-refractivity contribution in [3.05, 3.63) is 28.8 Å². The highest BCUT2D eigenvalue weighted by atomic mass is 35.5. The fourth-order valence-electron chi connectivity index (χ4n) is 1.98. The highest BCUT2D eigenvalue weighted by Gasteiger charge is 2.28. The second-order valence-corrected chi connectivity index (χ2v) is 6.10. The van der Waals surface area contributed by atoms with Crippen molar-refractivity contribution >= 4 is 17.6 Å². The molecule has 1 rings (SSSR count). The molecule has 2 N–H and O–H groups in total. The molecule has 0 radical (unpaired) electrons. The monoisotopic (exact) mass is 313 g/mol. The van der Waals surface area contributed by atoms with Crippen LogP contribution in [0.2, 0.25) is 5.02 Å². The molecule has 3 atom stereocenters. The minimum absolute atomic E-state index is 0.104. The molecule has 0 amide bonds. The standard InChI is InChI=1S/C16H24ClNO3/c1-9(2)15(21-16(19)11(4)18)12(5)20-14-7-6-10(3)8-13(14)17/h6-9,11-12,15H,18H2,1-5H3/t11-,12-,15?/m0/s1. The van der Waals surface area contributed by atoms with Gasteiger partial charge >= 0.3 is 5.97 Å². The fraction of sp³-hybridized carbons (Fsp3) is 0.562. The zero-order valence-corrected chi connectivity index (χ0v) is 14.0. The minimum atomic E-state index is -0.651. The van der Waals surface area contributed by atoms with Crippen LogP contribution in [0.15, 0.2) is 18.2 Å². The molecule has 0 aliphatic carbocycles. The average Bonchev–Trinajstić information content (AvgIpc) is 2.38. The van der Waals surface area contributed by atoms with Crippen molar-refractivity contribution in [1.29, 1.82) is 0 Å². The van der Waals surface area contributed by atoms with Crippen LogP contribution in [0.3, 0.4) is 0 Å². The number of esters is 1. The molecule has 118 valence electrons. The predicted octanol–water partition coefficient (Wildman–Crippen LogP) is 3.33. The number of hydrogen-bond acceptors (Lipinski definition) is 4. The van der Waals surface area contributed by atoms with Crippen LogP contribution in [-0.2, 0) is 9.53 Å². The summed E-state index contributed by atoms with van der Waals surface area (Å²) >= 11 is 6.16. The molecule has 0 fully saturated rings. The van der Waals surface area contributed by atoms with Crippen LogP contribution in [0.5, 0.6) is 5.75 Å². The van der Waals surface area contributed by atoms with E-state index in [0.29, 0.717) is 10.8 Å². The van der Waals surface area contributed by atoms with Gasteiger partial charge in [0.25, 0.3) is 0 Å². The molecule has 1 unspecified atom stereocenters. The summed E-state index contributed by atoms with van der Waals surface area (Å²) in [6.07, 6.45) is -0.714. The number of aryl methyl sites for hydroxylation is 1. The van der Waals surface area contributed by atoms with E-state index in [1.54, 1.807) is 6.92 Å². The molecule has 0 saturated carbocycles. The minimum Gasteiger partial charge on any atom is -0.485 e. The third-order valence-electron chi connectivity index (χ3n) is 3.14. The van der Waals surface area contributed by atoms with Gasteiger partial charge < -0.3 is 15.2 Å². The number of ether oxygens (including phenoxy) is 2. The van der Waals surface area contributed by atoms with Crippen molar-refractivity contribution in [2.75, 3.05) is 0 Å². The number of hydrogen-bond donors (Lipinski definition) is 1. The second kappa shape index (κ2) is 7.66. The third kappa shape index (κ3) is 5.21. The lowest BCUT2D eigenvalue weighted by atomic mass is 10.0. The summed E-state index contributed by atoms with van der Waals surface area (Å²) in [6, 6.07) is 4.93. The van der Waals surface area contributed by atoms with Crippen LogP contribution >= 0.6 is 11.6 Å². The maximum Gasteiger partial charge on any atom is 0.323 e. The number of nitrogens with two attached hydrogens (primary N) is 1. The van der Waals surface area contributed by atoms with Gasteiger partial charge in [-0.3, -0.25) is 4.79 Å². The van der Waals surface area contributed by atoms with Gasteiger partial charge in [0.1, 0.15) is 24.0 Å². The zero-order chi connectivity index (χ0) is 16.2. The summed E-state index contributed by atoms with van der Waals surface area (Å²) in [6.45, 7) is 9.35. The maximum absolute atomic E-state index is 11.7. The normalized spacial score (nSPS) is 15.4. The van der Waals surface area contributed by atoms with Gasteiger partial charge in [0.15, 0.2) is 0 Å². The molecule has 0 spiro atoms. The molecular weight excluding hydrogens is 290 g/mol. The number of halogens is 1. The quantitative estimate of drug-likeness (QED) is 0.818. The van der Waals surface area contributed by atoms with Gasteiger partial charge in [0, 0.05) is 0 Å². The van der Waals surface area contributed by atoms with Crippen molar-refractivity contribution in [2.45, 2.75) is 52.9 Å². The number of carbonyl (C=O) groups is 1. The number of rotatable bonds is 6. The Labute approximate surface area is 131 Å². The molecule has 0 heterocycles. The average molecular weight is 314 g/mol. The van der Waals surface area contributed by atoms with E-state index in [2.05, 4.69) is 0 Å². The molecule has 1 aromatic carbocycles. The molecule has 5 heteroatoms. The number of benzene rings is 1.